The van der Waals surface area contributed by atoms with E-state index in [2.05, 4.69) is 20.3 Å². The Morgan fingerprint density at radius 2 is 1.80 bits per heavy atom. The maximum atomic E-state index is 13.1. The largest absolute Gasteiger partial charge is 0.506 e. The summed E-state index contributed by atoms with van der Waals surface area (Å²) in [5, 5.41) is 23.4. The number of carbonyl (C=O) groups is 1. The number of amides is 1. The van der Waals surface area contributed by atoms with Gasteiger partial charge < -0.3 is 14.9 Å². The zero-order valence-electron chi connectivity index (χ0n) is 16.6. The lowest BCUT2D eigenvalue weighted by Gasteiger charge is -2.37. The zero-order chi connectivity index (χ0) is 21.1. The molecule has 1 saturated heterocycles. The van der Waals surface area contributed by atoms with Gasteiger partial charge in [0.1, 0.15) is 5.75 Å². The first-order valence-corrected chi connectivity index (χ1v) is 10.3. The lowest BCUT2D eigenvalue weighted by molar-refractivity contribution is -0.135. The minimum atomic E-state index is -0.504. The van der Waals surface area contributed by atoms with Crippen LogP contribution in [0.4, 0.5) is 5.69 Å². The van der Waals surface area contributed by atoms with Gasteiger partial charge in [-0.25, -0.2) is 0 Å². The molecule has 30 heavy (non-hydrogen) atoms. The Kier molecular flexibility index (Phi) is 5.85. The first-order chi connectivity index (χ1) is 14.6. The van der Waals surface area contributed by atoms with Crippen LogP contribution < -0.4 is 4.90 Å². The Hall–Kier alpha value is -3.13. The highest BCUT2D eigenvalue weighted by Gasteiger charge is 2.30. The van der Waals surface area contributed by atoms with Crippen molar-refractivity contribution in [1.29, 1.82) is 0 Å². The molecular weight excluding hydrogens is 404 g/mol. The highest BCUT2D eigenvalue weighted by Crippen LogP contribution is 2.28. The minimum Gasteiger partial charge on any atom is -0.506 e. The molecule has 156 valence electrons. The van der Waals surface area contributed by atoms with E-state index in [9.17, 15) is 9.90 Å². The van der Waals surface area contributed by atoms with Gasteiger partial charge in [-0.2, -0.15) is 4.80 Å². The highest BCUT2D eigenvalue weighted by atomic mass is 35.5. The van der Waals surface area contributed by atoms with Crippen LogP contribution in [0.15, 0.2) is 48.5 Å². The SMILES string of the molecule is CCC(C(=O)N1CCN(c2ccccc2O)CC1)n1nnc(-c2ccc(Cl)cc2)n1. The van der Waals surface area contributed by atoms with Crippen LogP contribution in [0.1, 0.15) is 19.4 Å². The third kappa shape index (κ3) is 4.09. The monoisotopic (exact) mass is 426 g/mol. The van der Waals surface area contributed by atoms with Gasteiger partial charge in [0.2, 0.25) is 11.7 Å². The number of tetrazole rings is 1. The molecule has 2 aromatic carbocycles. The lowest BCUT2D eigenvalue weighted by atomic mass is 10.1. The summed E-state index contributed by atoms with van der Waals surface area (Å²) in [5.74, 6) is 0.696. The number of carbonyl (C=O) groups excluding carboxylic acids is 1. The van der Waals surface area contributed by atoms with E-state index in [-0.39, 0.29) is 11.7 Å². The van der Waals surface area contributed by atoms with Crippen molar-refractivity contribution in [1.82, 2.24) is 25.1 Å². The number of piperazine rings is 1. The number of nitrogens with zero attached hydrogens (tertiary/aromatic N) is 6. The first-order valence-electron chi connectivity index (χ1n) is 9.94. The number of aromatic nitrogens is 4. The van der Waals surface area contributed by atoms with Crippen molar-refractivity contribution in [3.05, 3.63) is 53.6 Å². The van der Waals surface area contributed by atoms with Gasteiger partial charge in [-0.1, -0.05) is 30.7 Å². The highest BCUT2D eigenvalue weighted by molar-refractivity contribution is 6.30. The second-order valence-electron chi connectivity index (χ2n) is 7.17. The molecule has 2 heterocycles. The molecule has 3 aromatic rings. The second kappa shape index (κ2) is 8.71. The van der Waals surface area contributed by atoms with E-state index < -0.39 is 6.04 Å². The molecule has 4 rings (SSSR count). The topological polar surface area (TPSA) is 87.4 Å². The summed E-state index contributed by atoms with van der Waals surface area (Å²) in [6.45, 7) is 4.39. The quantitative estimate of drug-likeness (QED) is 0.674. The van der Waals surface area contributed by atoms with Crippen molar-refractivity contribution in [2.24, 2.45) is 0 Å². The molecule has 1 fully saturated rings. The van der Waals surface area contributed by atoms with Crippen molar-refractivity contribution in [3.63, 3.8) is 0 Å². The zero-order valence-corrected chi connectivity index (χ0v) is 17.4. The summed E-state index contributed by atoms with van der Waals surface area (Å²) < 4.78 is 0. The Morgan fingerprint density at radius 3 is 2.47 bits per heavy atom. The number of para-hydroxylation sites is 2. The van der Waals surface area contributed by atoms with Gasteiger partial charge in [-0.3, -0.25) is 4.79 Å². The number of phenols is 1. The number of rotatable bonds is 5. The molecule has 1 aliphatic heterocycles. The van der Waals surface area contributed by atoms with E-state index in [1.54, 1.807) is 24.3 Å². The summed E-state index contributed by atoms with van der Waals surface area (Å²) >= 11 is 5.93. The molecule has 0 spiro atoms. The number of phenolic OH excluding ortho intramolecular Hbond substituents is 1. The van der Waals surface area contributed by atoms with E-state index in [1.807, 2.05) is 36.1 Å². The van der Waals surface area contributed by atoms with Crippen molar-refractivity contribution in [2.75, 3.05) is 31.1 Å². The molecule has 0 radical (unpaired) electrons. The van der Waals surface area contributed by atoms with Crippen LogP contribution in [0, 0.1) is 0 Å². The molecule has 1 atom stereocenters. The first kappa shape index (κ1) is 20.2. The van der Waals surface area contributed by atoms with Gasteiger partial charge >= 0.3 is 0 Å². The van der Waals surface area contributed by atoms with Crippen molar-refractivity contribution in [2.45, 2.75) is 19.4 Å². The minimum absolute atomic E-state index is 0.0190. The van der Waals surface area contributed by atoms with E-state index in [0.717, 1.165) is 11.3 Å². The number of hydrogen-bond donors (Lipinski definition) is 1. The van der Waals surface area contributed by atoms with E-state index in [4.69, 9.17) is 11.6 Å². The van der Waals surface area contributed by atoms with Crippen molar-refractivity contribution < 1.29 is 9.90 Å². The maximum absolute atomic E-state index is 13.1. The summed E-state index contributed by atoms with van der Waals surface area (Å²) in [7, 11) is 0. The fraction of sp³-hybridized carbons (Fsp3) is 0.333. The van der Waals surface area contributed by atoms with Crippen LogP contribution in [-0.4, -0.2) is 62.3 Å². The molecule has 1 N–H and O–H groups in total. The van der Waals surface area contributed by atoms with Crippen molar-refractivity contribution in [3.8, 4) is 17.1 Å². The summed E-state index contributed by atoms with van der Waals surface area (Å²) in [6, 6.07) is 13.9. The van der Waals surface area contributed by atoms with Gasteiger partial charge in [-0.05, 0) is 48.0 Å². The number of halogens is 1. The molecule has 1 aliphatic rings. The van der Waals surface area contributed by atoms with Gasteiger partial charge in [0.25, 0.3) is 0 Å². The molecular formula is C21H23ClN6O2. The fourth-order valence-electron chi connectivity index (χ4n) is 3.62. The summed E-state index contributed by atoms with van der Waals surface area (Å²) in [6.07, 6.45) is 0.564. The second-order valence-corrected chi connectivity index (χ2v) is 7.60. The summed E-state index contributed by atoms with van der Waals surface area (Å²) in [5.41, 5.74) is 1.59. The van der Waals surface area contributed by atoms with Gasteiger partial charge in [-0.15, -0.1) is 10.2 Å². The predicted molar refractivity (Wildman–Crippen MR) is 114 cm³/mol. The maximum Gasteiger partial charge on any atom is 0.249 e. The van der Waals surface area contributed by atoms with E-state index >= 15 is 0 Å². The third-order valence-electron chi connectivity index (χ3n) is 5.29. The molecule has 1 amide bonds. The Labute approximate surface area is 179 Å². The number of aromatic hydroxyl groups is 1. The van der Waals surface area contributed by atoms with Crippen LogP contribution in [0.3, 0.4) is 0 Å². The molecule has 8 nitrogen and oxygen atoms in total. The van der Waals surface area contributed by atoms with Crippen LogP contribution >= 0.6 is 11.6 Å². The smallest absolute Gasteiger partial charge is 0.249 e. The molecule has 0 bridgehead atoms. The standard InChI is InChI=1S/C21H23ClN6O2/c1-2-17(28-24-20(23-25-28)15-7-9-16(22)10-8-15)21(30)27-13-11-26(12-14-27)18-5-3-4-6-19(18)29/h3-10,17,29H,2,11-14H2,1H3. The van der Waals surface area contributed by atoms with Gasteiger partial charge in [0, 0.05) is 36.8 Å². The average molecular weight is 427 g/mol. The molecule has 0 aliphatic carbocycles. The number of hydrogen-bond acceptors (Lipinski definition) is 6. The van der Waals surface area contributed by atoms with Crippen LogP contribution in [0.5, 0.6) is 5.75 Å². The molecule has 9 heteroatoms. The molecule has 0 saturated carbocycles. The van der Waals surface area contributed by atoms with Gasteiger partial charge in [0.05, 0.1) is 5.69 Å². The Morgan fingerprint density at radius 1 is 1.10 bits per heavy atom. The number of anilines is 1. The third-order valence-corrected chi connectivity index (χ3v) is 5.55. The van der Waals surface area contributed by atoms with Gasteiger partial charge in [0.15, 0.2) is 6.04 Å². The van der Waals surface area contributed by atoms with Crippen LogP contribution in [-0.2, 0) is 4.79 Å². The Bertz CT molecular complexity index is 1010. The molecule has 1 unspecified atom stereocenters. The molecule has 1 aromatic heterocycles. The van der Waals surface area contributed by atoms with E-state index in [0.29, 0.717) is 43.4 Å². The predicted octanol–water partition coefficient (Wildman–Crippen LogP) is 3.00. The van der Waals surface area contributed by atoms with Crippen molar-refractivity contribution >= 4 is 23.2 Å². The average Bonchev–Trinajstić information content (AvgIpc) is 3.25. The van der Waals surface area contributed by atoms with E-state index in [1.165, 1.54) is 4.80 Å². The normalized spacial score (nSPS) is 15.3. The lowest BCUT2D eigenvalue weighted by Crippen LogP contribution is -2.50. The van der Waals surface area contributed by atoms with Crippen LogP contribution in [0.25, 0.3) is 11.4 Å². The van der Waals surface area contributed by atoms with Crippen LogP contribution in [0.2, 0.25) is 5.02 Å². The number of benzene rings is 2. The Balaban J connectivity index is 1.44. The summed E-state index contributed by atoms with van der Waals surface area (Å²) in [4.78, 5) is 18.5. The fourth-order valence-corrected chi connectivity index (χ4v) is 3.74.